The first-order valence-electron chi connectivity index (χ1n) is 7.80. The van der Waals surface area contributed by atoms with Gasteiger partial charge in [-0.3, -0.25) is 9.69 Å². The highest BCUT2D eigenvalue weighted by Crippen LogP contribution is 2.23. The molecular weight excluding hydrogens is 294 g/mol. The molecule has 0 bridgehead atoms. The van der Waals surface area contributed by atoms with E-state index >= 15 is 0 Å². The Morgan fingerprint density at radius 1 is 1.26 bits per heavy atom. The highest BCUT2D eigenvalue weighted by atomic mass is 16.5. The molecule has 1 amide bonds. The standard InChI is InChI=1S/C17H21N3O3/c1-12-11-16(23-19-12)17(21)18-15-5-3-14(4-6-15)13(2)20-7-9-22-10-8-20/h3-6,11,13H,7-10H2,1-2H3,(H,18,21)/t13-/m1/s1. The van der Waals surface area contributed by atoms with Gasteiger partial charge in [0.05, 0.1) is 18.9 Å². The van der Waals surface area contributed by atoms with Gasteiger partial charge in [-0.05, 0) is 31.5 Å². The Kier molecular flexibility index (Phi) is 4.73. The van der Waals surface area contributed by atoms with Crippen LogP contribution in [-0.2, 0) is 4.74 Å². The van der Waals surface area contributed by atoms with Gasteiger partial charge < -0.3 is 14.6 Å². The third-order valence-corrected chi connectivity index (χ3v) is 4.10. The van der Waals surface area contributed by atoms with Gasteiger partial charge in [-0.25, -0.2) is 0 Å². The zero-order chi connectivity index (χ0) is 16.2. The van der Waals surface area contributed by atoms with Crippen molar-refractivity contribution in [3.05, 3.63) is 47.3 Å². The molecule has 2 heterocycles. The van der Waals surface area contributed by atoms with Crippen molar-refractivity contribution in [2.24, 2.45) is 0 Å². The van der Waals surface area contributed by atoms with Crippen LogP contribution in [0.4, 0.5) is 5.69 Å². The summed E-state index contributed by atoms with van der Waals surface area (Å²) in [6.07, 6.45) is 0. The van der Waals surface area contributed by atoms with E-state index in [0.29, 0.717) is 11.7 Å². The summed E-state index contributed by atoms with van der Waals surface area (Å²) in [5.41, 5.74) is 2.65. The summed E-state index contributed by atoms with van der Waals surface area (Å²) in [7, 11) is 0. The molecular formula is C17H21N3O3. The minimum absolute atomic E-state index is 0.216. The molecule has 1 saturated heterocycles. The average Bonchev–Trinajstić information content (AvgIpc) is 3.02. The van der Waals surface area contributed by atoms with Crippen LogP contribution in [0.2, 0.25) is 0 Å². The Bertz CT molecular complexity index is 660. The summed E-state index contributed by atoms with van der Waals surface area (Å²) in [6, 6.07) is 9.86. The maximum atomic E-state index is 12.0. The number of hydrogen-bond acceptors (Lipinski definition) is 5. The van der Waals surface area contributed by atoms with Crippen molar-refractivity contribution < 1.29 is 14.1 Å². The lowest BCUT2D eigenvalue weighted by molar-refractivity contribution is 0.0198. The number of hydrogen-bond donors (Lipinski definition) is 1. The number of aryl methyl sites for hydroxylation is 1. The predicted molar refractivity (Wildman–Crippen MR) is 86.4 cm³/mol. The molecule has 1 N–H and O–H groups in total. The first-order valence-corrected chi connectivity index (χ1v) is 7.80. The fourth-order valence-electron chi connectivity index (χ4n) is 2.68. The fourth-order valence-corrected chi connectivity index (χ4v) is 2.68. The molecule has 1 atom stereocenters. The molecule has 0 unspecified atom stereocenters. The highest BCUT2D eigenvalue weighted by molar-refractivity contribution is 6.02. The Hall–Kier alpha value is -2.18. The van der Waals surface area contributed by atoms with Crippen molar-refractivity contribution in [1.82, 2.24) is 10.1 Å². The van der Waals surface area contributed by atoms with Crippen LogP contribution in [0.1, 0.15) is 34.8 Å². The molecule has 3 rings (SSSR count). The second kappa shape index (κ2) is 6.93. The van der Waals surface area contributed by atoms with Crippen LogP contribution >= 0.6 is 0 Å². The van der Waals surface area contributed by atoms with Gasteiger partial charge in [0.2, 0.25) is 5.76 Å². The van der Waals surface area contributed by atoms with E-state index in [1.54, 1.807) is 13.0 Å². The summed E-state index contributed by atoms with van der Waals surface area (Å²) in [4.78, 5) is 14.4. The maximum absolute atomic E-state index is 12.0. The molecule has 0 aliphatic carbocycles. The van der Waals surface area contributed by atoms with Crippen molar-refractivity contribution in [3.63, 3.8) is 0 Å². The van der Waals surface area contributed by atoms with Gasteiger partial charge >= 0.3 is 0 Å². The van der Waals surface area contributed by atoms with Gasteiger partial charge in [0.1, 0.15) is 0 Å². The van der Waals surface area contributed by atoms with E-state index in [0.717, 1.165) is 32.0 Å². The van der Waals surface area contributed by atoms with Crippen molar-refractivity contribution in [2.75, 3.05) is 31.6 Å². The molecule has 1 fully saturated rings. The van der Waals surface area contributed by atoms with E-state index < -0.39 is 0 Å². The maximum Gasteiger partial charge on any atom is 0.294 e. The lowest BCUT2D eigenvalue weighted by Crippen LogP contribution is -2.37. The monoisotopic (exact) mass is 315 g/mol. The normalized spacial score (nSPS) is 17.0. The second-order valence-corrected chi connectivity index (χ2v) is 5.73. The van der Waals surface area contributed by atoms with E-state index in [2.05, 4.69) is 22.3 Å². The smallest absolute Gasteiger partial charge is 0.294 e. The first-order chi connectivity index (χ1) is 11.1. The summed E-state index contributed by atoms with van der Waals surface area (Å²) < 4.78 is 10.3. The lowest BCUT2D eigenvalue weighted by Gasteiger charge is -2.32. The number of benzene rings is 1. The molecule has 1 aromatic carbocycles. The Morgan fingerprint density at radius 3 is 2.57 bits per heavy atom. The van der Waals surface area contributed by atoms with Crippen LogP contribution in [0.25, 0.3) is 0 Å². The minimum Gasteiger partial charge on any atom is -0.379 e. The van der Waals surface area contributed by atoms with Gasteiger partial charge in [0.25, 0.3) is 5.91 Å². The van der Waals surface area contributed by atoms with Crippen LogP contribution in [0.15, 0.2) is 34.9 Å². The number of nitrogens with zero attached hydrogens (tertiary/aromatic N) is 2. The Morgan fingerprint density at radius 2 is 1.96 bits per heavy atom. The van der Waals surface area contributed by atoms with Crippen LogP contribution in [0.3, 0.4) is 0 Å². The number of anilines is 1. The molecule has 0 spiro atoms. The third kappa shape index (κ3) is 3.78. The Balaban J connectivity index is 1.63. The molecule has 6 nitrogen and oxygen atoms in total. The van der Waals surface area contributed by atoms with Crippen molar-refractivity contribution in [2.45, 2.75) is 19.9 Å². The van der Waals surface area contributed by atoms with E-state index in [-0.39, 0.29) is 11.7 Å². The van der Waals surface area contributed by atoms with Gasteiger partial charge in [-0.1, -0.05) is 17.3 Å². The van der Waals surface area contributed by atoms with Gasteiger partial charge in [0.15, 0.2) is 0 Å². The zero-order valence-electron chi connectivity index (χ0n) is 13.4. The number of nitrogens with one attached hydrogen (secondary N) is 1. The average molecular weight is 315 g/mol. The Labute approximate surface area is 135 Å². The van der Waals surface area contributed by atoms with Gasteiger partial charge in [0, 0.05) is 30.9 Å². The van der Waals surface area contributed by atoms with Crippen LogP contribution in [-0.4, -0.2) is 42.3 Å². The van der Waals surface area contributed by atoms with Crippen LogP contribution < -0.4 is 5.32 Å². The van der Waals surface area contributed by atoms with E-state index in [1.165, 1.54) is 5.56 Å². The summed E-state index contributed by atoms with van der Waals surface area (Å²) in [5, 5.41) is 6.53. The predicted octanol–water partition coefficient (Wildman–Crippen LogP) is 2.63. The summed E-state index contributed by atoms with van der Waals surface area (Å²) >= 11 is 0. The zero-order valence-corrected chi connectivity index (χ0v) is 13.4. The fraction of sp³-hybridized carbons (Fsp3) is 0.412. The molecule has 1 aliphatic heterocycles. The first kappa shape index (κ1) is 15.7. The van der Waals surface area contributed by atoms with Crippen LogP contribution in [0.5, 0.6) is 0 Å². The topological polar surface area (TPSA) is 67.6 Å². The molecule has 23 heavy (non-hydrogen) atoms. The third-order valence-electron chi connectivity index (χ3n) is 4.10. The second-order valence-electron chi connectivity index (χ2n) is 5.73. The SMILES string of the molecule is Cc1cc(C(=O)Nc2ccc([C@@H](C)N3CCOCC3)cc2)on1. The number of ether oxygens (including phenoxy) is 1. The molecule has 6 heteroatoms. The van der Waals surface area contributed by atoms with E-state index in [9.17, 15) is 4.79 Å². The molecule has 1 aromatic heterocycles. The van der Waals surface area contributed by atoms with Crippen LogP contribution in [0, 0.1) is 6.92 Å². The number of morpholine rings is 1. The molecule has 1 aliphatic rings. The summed E-state index contributed by atoms with van der Waals surface area (Å²) in [5.74, 6) is -0.0761. The molecule has 122 valence electrons. The molecule has 0 saturated carbocycles. The van der Waals surface area contributed by atoms with Crippen molar-refractivity contribution >= 4 is 11.6 Å². The van der Waals surface area contributed by atoms with Crippen molar-refractivity contribution in [1.29, 1.82) is 0 Å². The van der Waals surface area contributed by atoms with Gasteiger partial charge in [-0.2, -0.15) is 0 Å². The highest BCUT2D eigenvalue weighted by Gasteiger charge is 2.18. The number of rotatable bonds is 4. The number of aromatic nitrogens is 1. The number of carbonyl (C=O) groups excluding carboxylic acids is 1. The lowest BCUT2D eigenvalue weighted by atomic mass is 10.1. The number of carbonyl (C=O) groups is 1. The van der Waals surface area contributed by atoms with Crippen molar-refractivity contribution in [3.8, 4) is 0 Å². The van der Waals surface area contributed by atoms with E-state index in [4.69, 9.17) is 9.26 Å². The molecule has 0 radical (unpaired) electrons. The largest absolute Gasteiger partial charge is 0.379 e. The quantitative estimate of drug-likeness (QED) is 0.939. The minimum atomic E-state index is -0.292. The number of amides is 1. The van der Waals surface area contributed by atoms with Gasteiger partial charge in [-0.15, -0.1) is 0 Å². The molecule has 2 aromatic rings. The summed E-state index contributed by atoms with van der Waals surface area (Å²) in [6.45, 7) is 7.44. The van der Waals surface area contributed by atoms with E-state index in [1.807, 2.05) is 24.3 Å².